The third-order valence-electron chi connectivity index (χ3n) is 2.92. The predicted molar refractivity (Wildman–Crippen MR) is 96.4 cm³/mol. The van der Waals surface area contributed by atoms with Gasteiger partial charge in [-0.2, -0.15) is 0 Å². The Kier molecular flexibility index (Phi) is 4.66. The number of thioether (sulfide) groups is 1. The molecule has 2 aromatic carbocycles. The lowest BCUT2D eigenvalue weighted by atomic mass is 10.2. The number of carbonyl (C=O) groups excluding carboxylic acids is 1. The van der Waals surface area contributed by atoms with Crippen LogP contribution in [0.2, 0.25) is 5.02 Å². The number of rotatable bonds is 2. The molecule has 6 heteroatoms. The molecule has 1 fully saturated rings. The van der Waals surface area contributed by atoms with Gasteiger partial charge in [-0.15, -0.1) is 0 Å². The highest BCUT2D eigenvalue weighted by atomic mass is 79.9. The van der Waals surface area contributed by atoms with Crippen molar-refractivity contribution in [1.82, 2.24) is 5.32 Å². The molecule has 3 rings (SSSR count). The van der Waals surface area contributed by atoms with Gasteiger partial charge in [-0.25, -0.2) is 4.99 Å². The molecule has 110 valence electrons. The number of halogens is 2. The molecule has 3 nitrogen and oxygen atoms in total. The van der Waals surface area contributed by atoms with Crippen molar-refractivity contribution >= 4 is 62.1 Å². The SMILES string of the molecule is O=C1NC(=Nc2ccccc2Cl)S/C1=C/c1ccccc1Br. The van der Waals surface area contributed by atoms with Gasteiger partial charge in [0.25, 0.3) is 5.91 Å². The van der Waals surface area contributed by atoms with Gasteiger partial charge in [0.15, 0.2) is 5.17 Å². The second kappa shape index (κ2) is 6.69. The van der Waals surface area contributed by atoms with Crippen LogP contribution in [0.3, 0.4) is 0 Å². The summed E-state index contributed by atoms with van der Waals surface area (Å²) in [4.78, 5) is 17.0. The second-order valence-corrected chi connectivity index (χ2v) is 6.75. The minimum atomic E-state index is -0.161. The van der Waals surface area contributed by atoms with E-state index < -0.39 is 0 Å². The van der Waals surface area contributed by atoms with E-state index in [9.17, 15) is 4.79 Å². The Bertz CT molecular complexity index is 804. The predicted octanol–water partition coefficient (Wildman–Crippen LogP) is 4.99. The van der Waals surface area contributed by atoms with Crippen molar-refractivity contribution < 1.29 is 4.79 Å². The van der Waals surface area contributed by atoms with E-state index in [1.165, 1.54) is 11.8 Å². The summed E-state index contributed by atoms with van der Waals surface area (Å²) in [7, 11) is 0. The number of nitrogens with one attached hydrogen (secondary N) is 1. The highest BCUT2D eigenvalue weighted by Crippen LogP contribution is 2.31. The molecule has 1 aliphatic heterocycles. The van der Waals surface area contributed by atoms with Gasteiger partial charge in [0.2, 0.25) is 0 Å². The summed E-state index contributed by atoms with van der Waals surface area (Å²) in [6.07, 6.45) is 1.83. The molecule has 0 radical (unpaired) electrons. The number of carbonyl (C=O) groups is 1. The average Bonchev–Trinajstić information content (AvgIpc) is 2.84. The lowest BCUT2D eigenvalue weighted by molar-refractivity contribution is -0.115. The van der Waals surface area contributed by atoms with Crippen LogP contribution in [0.5, 0.6) is 0 Å². The number of nitrogens with zero attached hydrogens (tertiary/aromatic N) is 1. The Hall–Kier alpha value is -1.56. The molecule has 0 aromatic heterocycles. The Morgan fingerprint density at radius 2 is 1.86 bits per heavy atom. The summed E-state index contributed by atoms with van der Waals surface area (Å²) in [5.41, 5.74) is 1.58. The number of aliphatic imine (C=N–C) groups is 1. The van der Waals surface area contributed by atoms with Gasteiger partial charge in [0, 0.05) is 4.47 Å². The monoisotopic (exact) mass is 392 g/mol. The molecule has 0 spiro atoms. The first kappa shape index (κ1) is 15.3. The van der Waals surface area contributed by atoms with Crippen LogP contribution in [-0.2, 0) is 4.79 Å². The van der Waals surface area contributed by atoms with E-state index in [4.69, 9.17) is 11.6 Å². The number of amides is 1. The van der Waals surface area contributed by atoms with Crippen LogP contribution in [-0.4, -0.2) is 11.1 Å². The van der Waals surface area contributed by atoms with Crippen LogP contribution >= 0.6 is 39.3 Å². The first-order chi connectivity index (χ1) is 10.6. The molecule has 2 aromatic rings. The fourth-order valence-corrected chi connectivity index (χ4v) is 3.27. The fourth-order valence-electron chi connectivity index (χ4n) is 1.87. The van der Waals surface area contributed by atoms with E-state index in [0.717, 1.165) is 10.0 Å². The van der Waals surface area contributed by atoms with E-state index in [2.05, 4.69) is 26.2 Å². The molecule has 0 saturated carbocycles. The van der Waals surface area contributed by atoms with E-state index in [1.807, 2.05) is 42.5 Å². The van der Waals surface area contributed by atoms with Crippen LogP contribution in [0.4, 0.5) is 5.69 Å². The number of benzene rings is 2. The summed E-state index contributed by atoms with van der Waals surface area (Å²) in [6, 6.07) is 15.0. The maximum absolute atomic E-state index is 12.0. The maximum atomic E-state index is 12.0. The van der Waals surface area contributed by atoms with E-state index in [0.29, 0.717) is 20.8 Å². The van der Waals surface area contributed by atoms with Crippen molar-refractivity contribution in [3.63, 3.8) is 0 Å². The van der Waals surface area contributed by atoms with Crippen LogP contribution in [0.15, 0.2) is 62.9 Å². The smallest absolute Gasteiger partial charge is 0.264 e. The van der Waals surface area contributed by atoms with Gasteiger partial charge in [0.05, 0.1) is 15.6 Å². The van der Waals surface area contributed by atoms with Gasteiger partial charge in [-0.3, -0.25) is 4.79 Å². The molecular weight excluding hydrogens is 384 g/mol. The zero-order valence-corrected chi connectivity index (χ0v) is 14.4. The van der Waals surface area contributed by atoms with Crippen molar-refractivity contribution in [3.05, 3.63) is 68.5 Å². The Morgan fingerprint density at radius 1 is 1.14 bits per heavy atom. The van der Waals surface area contributed by atoms with Crippen LogP contribution < -0.4 is 5.32 Å². The second-order valence-electron chi connectivity index (χ2n) is 4.45. The molecule has 0 aliphatic carbocycles. The molecule has 1 aliphatic rings. The fraction of sp³-hybridized carbons (Fsp3) is 0. The number of hydrogen-bond donors (Lipinski definition) is 1. The number of amidine groups is 1. The van der Waals surface area contributed by atoms with E-state index in [1.54, 1.807) is 12.1 Å². The number of hydrogen-bond acceptors (Lipinski definition) is 3. The molecule has 0 bridgehead atoms. The van der Waals surface area contributed by atoms with Crippen LogP contribution in [0, 0.1) is 0 Å². The lowest BCUT2D eigenvalue weighted by Gasteiger charge is -1.98. The van der Waals surface area contributed by atoms with Crippen LogP contribution in [0.1, 0.15) is 5.56 Å². The lowest BCUT2D eigenvalue weighted by Crippen LogP contribution is -2.19. The van der Waals surface area contributed by atoms with Gasteiger partial charge >= 0.3 is 0 Å². The first-order valence-corrected chi connectivity index (χ1v) is 8.41. The third-order valence-corrected chi connectivity index (χ3v) is 4.87. The van der Waals surface area contributed by atoms with Gasteiger partial charge in [0.1, 0.15) is 0 Å². The third kappa shape index (κ3) is 3.43. The minimum absolute atomic E-state index is 0.161. The number of para-hydroxylation sites is 1. The summed E-state index contributed by atoms with van der Waals surface area (Å²) in [5, 5.41) is 3.82. The molecule has 22 heavy (non-hydrogen) atoms. The van der Waals surface area contributed by atoms with Crippen molar-refractivity contribution in [1.29, 1.82) is 0 Å². The molecule has 0 unspecified atom stereocenters. The summed E-state index contributed by atoms with van der Waals surface area (Å²) in [6.45, 7) is 0. The van der Waals surface area contributed by atoms with E-state index >= 15 is 0 Å². The Labute approximate surface area is 145 Å². The normalized spacial score (nSPS) is 18.0. The topological polar surface area (TPSA) is 41.5 Å². The molecule has 0 atom stereocenters. The summed E-state index contributed by atoms with van der Waals surface area (Å²) >= 11 is 10.8. The molecule has 1 heterocycles. The average molecular weight is 394 g/mol. The minimum Gasteiger partial charge on any atom is -0.300 e. The van der Waals surface area contributed by atoms with E-state index in [-0.39, 0.29) is 5.91 Å². The van der Waals surface area contributed by atoms with Crippen molar-refractivity contribution in [2.45, 2.75) is 0 Å². The Morgan fingerprint density at radius 3 is 2.64 bits per heavy atom. The Balaban J connectivity index is 1.88. The van der Waals surface area contributed by atoms with Gasteiger partial charge in [-0.1, -0.05) is 57.9 Å². The molecule has 1 amide bonds. The standard InChI is InChI=1S/C16H10BrClN2OS/c17-11-6-2-1-5-10(11)9-14-15(21)20-16(22-14)19-13-8-4-3-7-12(13)18/h1-9H,(H,19,20,21)/b14-9+. The van der Waals surface area contributed by atoms with Gasteiger partial charge < -0.3 is 5.32 Å². The largest absolute Gasteiger partial charge is 0.300 e. The summed E-state index contributed by atoms with van der Waals surface area (Å²) in [5.74, 6) is -0.161. The highest BCUT2D eigenvalue weighted by molar-refractivity contribution is 9.10. The van der Waals surface area contributed by atoms with Crippen molar-refractivity contribution in [2.24, 2.45) is 4.99 Å². The first-order valence-electron chi connectivity index (χ1n) is 6.42. The zero-order chi connectivity index (χ0) is 15.5. The quantitative estimate of drug-likeness (QED) is 0.730. The zero-order valence-electron chi connectivity index (χ0n) is 11.2. The van der Waals surface area contributed by atoms with Crippen molar-refractivity contribution in [2.75, 3.05) is 0 Å². The summed E-state index contributed by atoms with van der Waals surface area (Å²) < 4.78 is 0.937. The van der Waals surface area contributed by atoms with Crippen LogP contribution in [0.25, 0.3) is 6.08 Å². The van der Waals surface area contributed by atoms with Crippen molar-refractivity contribution in [3.8, 4) is 0 Å². The molecule has 1 N–H and O–H groups in total. The molecule has 1 saturated heterocycles. The highest BCUT2D eigenvalue weighted by Gasteiger charge is 2.24. The molecular formula is C16H10BrClN2OS. The van der Waals surface area contributed by atoms with Gasteiger partial charge in [-0.05, 0) is 41.6 Å². The maximum Gasteiger partial charge on any atom is 0.264 e.